The minimum absolute atomic E-state index is 0.00894. The summed E-state index contributed by atoms with van der Waals surface area (Å²) in [5.74, 6) is 0. The fourth-order valence-corrected chi connectivity index (χ4v) is 1.98. The summed E-state index contributed by atoms with van der Waals surface area (Å²) < 4.78 is 5.00. The molecule has 0 amide bonds. The summed E-state index contributed by atoms with van der Waals surface area (Å²) >= 11 is 1.25. The molecule has 0 atom stereocenters. The second-order valence-corrected chi connectivity index (χ2v) is 4.09. The van der Waals surface area contributed by atoms with E-state index in [0.29, 0.717) is 6.61 Å². The molecule has 1 rings (SSSR count). The van der Waals surface area contributed by atoms with E-state index >= 15 is 0 Å². The van der Waals surface area contributed by atoms with Crippen molar-refractivity contribution in [2.24, 2.45) is 0 Å². The fraction of sp³-hybridized carbons (Fsp3) is 0.667. The van der Waals surface area contributed by atoms with Gasteiger partial charge in [-0.1, -0.05) is 18.3 Å². The van der Waals surface area contributed by atoms with Gasteiger partial charge in [0.1, 0.15) is 0 Å². The highest BCUT2D eigenvalue weighted by atomic mass is 32.1. The molecule has 14 heavy (non-hydrogen) atoms. The topological polar surface area (TPSA) is 54.1 Å². The van der Waals surface area contributed by atoms with E-state index in [4.69, 9.17) is 4.74 Å². The Morgan fingerprint density at radius 3 is 3.00 bits per heavy atom. The van der Waals surface area contributed by atoms with Crippen LogP contribution in [0.3, 0.4) is 0 Å². The Morgan fingerprint density at radius 1 is 1.57 bits per heavy atom. The summed E-state index contributed by atoms with van der Waals surface area (Å²) in [5, 5.41) is 3.26. The van der Waals surface area contributed by atoms with Crippen LogP contribution in [-0.4, -0.2) is 18.6 Å². The minimum atomic E-state index is -0.00894. The smallest absolute Gasteiger partial charge is 0.305 e. The van der Waals surface area contributed by atoms with E-state index in [0.717, 1.165) is 30.1 Å². The van der Waals surface area contributed by atoms with Crippen molar-refractivity contribution in [2.75, 3.05) is 13.7 Å². The lowest BCUT2D eigenvalue weighted by Gasteiger charge is -2.02. The summed E-state index contributed by atoms with van der Waals surface area (Å²) in [4.78, 5) is 14.9. The molecule has 1 aromatic heterocycles. The van der Waals surface area contributed by atoms with Gasteiger partial charge in [0, 0.05) is 18.5 Å². The molecule has 0 spiro atoms. The van der Waals surface area contributed by atoms with Crippen molar-refractivity contribution >= 4 is 11.3 Å². The lowest BCUT2D eigenvalue weighted by molar-refractivity contribution is 0.181. The molecule has 0 radical (unpaired) electrons. The average Bonchev–Trinajstić information content (AvgIpc) is 2.48. The van der Waals surface area contributed by atoms with Crippen LogP contribution in [0.1, 0.15) is 23.9 Å². The molecule has 0 aliphatic heterocycles. The average molecular weight is 216 g/mol. The molecule has 80 valence electrons. The molecular formula is C9H16N2O2S. The highest BCUT2D eigenvalue weighted by molar-refractivity contribution is 7.09. The van der Waals surface area contributed by atoms with Gasteiger partial charge in [0.25, 0.3) is 0 Å². The largest absolute Gasteiger partial charge is 0.378 e. The van der Waals surface area contributed by atoms with Crippen LogP contribution in [0, 0.1) is 0 Å². The van der Waals surface area contributed by atoms with Crippen molar-refractivity contribution in [3.8, 4) is 0 Å². The maximum Gasteiger partial charge on any atom is 0.305 e. The normalized spacial score (nSPS) is 10.7. The van der Waals surface area contributed by atoms with Crippen LogP contribution in [0.5, 0.6) is 0 Å². The molecule has 2 N–H and O–H groups in total. The Bertz CT molecular complexity index is 319. The lowest BCUT2D eigenvalue weighted by Crippen LogP contribution is -2.14. The molecule has 1 heterocycles. The van der Waals surface area contributed by atoms with Gasteiger partial charge in [0.05, 0.1) is 12.3 Å². The Hall–Kier alpha value is -0.650. The SMILES string of the molecule is CCCNCc1sc(=O)[nH]c1COC. The zero-order valence-electron chi connectivity index (χ0n) is 8.55. The maximum absolute atomic E-state index is 11.1. The number of rotatable bonds is 6. The zero-order valence-corrected chi connectivity index (χ0v) is 9.37. The number of ether oxygens (including phenoxy) is 1. The number of thiazole rings is 1. The summed E-state index contributed by atoms with van der Waals surface area (Å²) in [6.45, 7) is 4.30. The maximum atomic E-state index is 11.1. The lowest BCUT2D eigenvalue weighted by atomic mass is 10.3. The number of aromatic amines is 1. The molecule has 0 saturated heterocycles. The van der Waals surface area contributed by atoms with E-state index in [2.05, 4.69) is 17.2 Å². The van der Waals surface area contributed by atoms with E-state index in [9.17, 15) is 4.79 Å². The molecular weight excluding hydrogens is 200 g/mol. The molecule has 0 fully saturated rings. The third-order valence-electron chi connectivity index (χ3n) is 1.81. The summed E-state index contributed by atoms with van der Waals surface area (Å²) in [5.41, 5.74) is 0.895. The van der Waals surface area contributed by atoms with Crippen molar-refractivity contribution in [2.45, 2.75) is 26.5 Å². The molecule has 1 aromatic rings. The van der Waals surface area contributed by atoms with Gasteiger partial charge in [-0.25, -0.2) is 0 Å². The Kier molecular flexibility index (Phi) is 4.86. The van der Waals surface area contributed by atoms with Crippen molar-refractivity contribution < 1.29 is 4.74 Å². The first-order chi connectivity index (χ1) is 6.77. The van der Waals surface area contributed by atoms with Crippen molar-refractivity contribution in [1.82, 2.24) is 10.3 Å². The Balaban J connectivity index is 2.59. The first kappa shape index (κ1) is 11.4. The second-order valence-electron chi connectivity index (χ2n) is 3.03. The van der Waals surface area contributed by atoms with Gasteiger partial charge in [-0.3, -0.25) is 4.79 Å². The van der Waals surface area contributed by atoms with Gasteiger partial charge in [0.15, 0.2) is 0 Å². The molecule has 0 bridgehead atoms. The first-order valence-corrected chi connectivity index (χ1v) is 5.50. The molecule has 0 aliphatic rings. The third kappa shape index (κ3) is 3.25. The Morgan fingerprint density at radius 2 is 2.36 bits per heavy atom. The summed E-state index contributed by atoms with van der Waals surface area (Å²) in [7, 11) is 1.62. The number of methoxy groups -OCH3 is 1. The van der Waals surface area contributed by atoms with Crippen molar-refractivity contribution in [1.29, 1.82) is 0 Å². The van der Waals surface area contributed by atoms with E-state index in [1.165, 1.54) is 11.3 Å². The van der Waals surface area contributed by atoms with Gasteiger partial charge in [0.2, 0.25) is 0 Å². The molecule has 0 aromatic carbocycles. The molecule has 0 unspecified atom stereocenters. The number of aromatic nitrogens is 1. The van der Waals surface area contributed by atoms with Gasteiger partial charge in [-0.15, -0.1) is 0 Å². The van der Waals surface area contributed by atoms with Crippen LogP contribution in [0.4, 0.5) is 0 Å². The minimum Gasteiger partial charge on any atom is -0.378 e. The van der Waals surface area contributed by atoms with Crippen molar-refractivity contribution in [3.63, 3.8) is 0 Å². The van der Waals surface area contributed by atoms with Crippen molar-refractivity contribution in [3.05, 3.63) is 20.2 Å². The fourth-order valence-electron chi connectivity index (χ4n) is 1.17. The predicted molar refractivity (Wildman–Crippen MR) is 57.7 cm³/mol. The Labute approximate surface area is 87.3 Å². The monoisotopic (exact) mass is 216 g/mol. The molecule has 0 saturated carbocycles. The molecule has 4 nitrogen and oxygen atoms in total. The molecule has 0 aliphatic carbocycles. The van der Waals surface area contributed by atoms with Gasteiger partial charge >= 0.3 is 4.87 Å². The third-order valence-corrected chi connectivity index (χ3v) is 2.73. The highest BCUT2D eigenvalue weighted by Gasteiger charge is 2.06. The second kappa shape index (κ2) is 5.95. The van der Waals surface area contributed by atoms with Crippen LogP contribution in [-0.2, 0) is 17.9 Å². The zero-order chi connectivity index (χ0) is 10.4. The van der Waals surface area contributed by atoms with E-state index in [-0.39, 0.29) is 4.87 Å². The van der Waals surface area contributed by atoms with E-state index in [1.54, 1.807) is 7.11 Å². The van der Waals surface area contributed by atoms with Crippen LogP contribution in [0.15, 0.2) is 4.79 Å². The van der Waals surface area contributed by atoms with Crippen LogP contribution >= 0.6 is 11.3 Å². The quantitative estimate of drug-likeness (QED) is 0.700. The number of nitrogens with one attached hydrogen (secondary N) is 2. The van der Waals surface area contributed by atoms with E-state index in [1.807, 2.05) is 0 Å². The predicted octanol–water partition coefficient (Wildman–Crippen LogP) is 1.08. The van der Waals surface area contributed by atoms with E-state index < -0.39 is 0 Å². The van der Waals surface area contributed by atoms with Crippen LogP contribution < -0.4 is 10.2 Å². The molecule has 5 heteroatoms. The first-order valence-electron chi connectivity index (χ1n) is 4.68. The number of hydrogen-bond donors (Lipinski definition) is 2. The summed E-state index contributed by atoms with van der Waals surface area (Å²) in [6.07, 6.45) is 1.10. The van der Waals surface area contributed by atoms with Crippen LogP contribution in [0.2, 0.25) is 0 Å². The van der Waals surface area contributed by atoms with Gasteiger partial charge in [-0.05, 0) is 13.0 Å². The van der Waals surface area contributed by atoms with Gasteiger partial charge < -0.3 is 15.0 Å². The number of H-pyrrole nitrogens is 1. The summed E-state index contributed by atoms with van der Waals surface area (Å²) in [6, 6.07) is 0. The van der Waals surface area contributed by atoms with Gasteiger partial charge in [-0.2, -0.15) is 0 Å². The van der Waals surface area contributed by atoms with Crippen LogP contribution in [0.25, 0.3) is 0 Å². The standard InChI is InChI=1S/C9H16N2O2S/c1-3-4-10-5-8-7(6-13-2)11-9(12)14-8/h10H,3-6H2,1-2H3,(H,11,12). The number of hydrogen-bond acceptors (Lipinski definition) is 4. The highest BCUT2D eigenvalue weighted by Crippen LogP contribution is 2.09.